The number of hydrogen-bond acceptors (Lipinski definition) is 5. The minimum Gasteiger partial charge on any atom is -0.315 e. The van der Waals surface area contributed by atoms with E-state index in [4.69, 9.17) is 0 Å². The van der Waals surface area contributed by atoms with E-state index in [1.807, 2.05) is 0 Å². The molecule has 8 heteroatoms. The third-order valence-corrected chi connectivity index (χ3v) is 4.71. The maximum absolute atomic E-state index is 11.9. The summed E-state index contributed by atoms with van der Waals surface area (Å²) in [6, 6.07) is 0. The maximum atomic E-state index is 11.9. The van der Waals surface area contributed by atoms with E-state index >= 15 is 0 Å². The van der Waals surface area contributed by atoms with E-state index < -0.39 is 10.0 Å². The van der Waals surface area contributed by atoms with Gasteiger partial charge in [-0.3, -0.25) is 5.10 Å². The Bertz CT molecular complexity index is 424. The fourth-order valence-electron chi connectivity index (χ4n) is 1.87. The molecule has 0 saturated carbocycles. The summed E-state index contributed by atoms with van der Waals surface area (Å²) >= 11 is 0. The summed E-state index contributed by atoms with van der Waals surface area (Å²) < 4.78 is 26.4. The molecule has 2 heterocycles. The number of nitrogens with zero attached hydrogens (tertiary/aromatic N) is 2. The average Bonchev–Trinajstić information content (AvgIpc) is 2.83. The van der Waals surface area contributed by atoms with Crippen LogP contribution in [0.5, 0.6) is 0 Å². The van der Waals surface area contributed by atoms with Gasteiger partial charge in [-0.25, -0.2) is 18.1 Å². The van der Waals surface area contributed by atoms with Crippen LogP contribution in [0, 0.1) is 0 Å². The number of aromatic nitrogens is 3. The first-order chi connectivity index (χ1) is 8.18. The molecule has 7 nitrogen and oxygen atoms in total. The summed E-state index contributed by atoms with van der Waals surface area (Å²) in [7, 11) is -3.21. The largest absolute Gasteiger partial charge is 0.315 e. The molecule has 17 heavy (non-hydrogen) atoms. The van der Waals surface area contributed by atoms with Crippen LogP contribution < -0.4 is 10.0 Å². The summed E-state index contributed by atoms with van der Waals surface area (Å²) in [6.45, 7) is 1.80. The van der Waals surface area contributed by atoms with E-state index in [1.54, 1.807) is 0 Å². The molecule has 3 N–H and O–H groups in total. The number of piperidine rings is 1. The molecule has 0 aliphatic carbocycles. The fraction of sp³-hybridized carbons (Fsp3) is 0.778. The number of rotatable bonds is 5. The highest BCUT2D eigenvalue weighted by Gasteiger charge is 2.26. The molecule has 0 amide bonds. The molecule has 1 fully saturated rings. The monoisotopic (exact) mass is 259 g/mol. The van der Waals surface area contributed by atoms with Crippen LogP contribution in [0.2, 0.25) is 0 Å². The van der Waals surface area contributed by atoms with E-state index in [9.17, 15) is 8.42 Å². The third kappa shape index (κ3) is 3.48. The van der Waals surface area contributed by atoms with Crippen LogP contribution in [-0.4, -0.2) is 48.5 Å². The zero-order valence-corrected chi connectivity index (χ0v) is 10.3. The van der Waals surface area contributed by atoms with Crippen molar-refractivity contribution in [3.8, 4) is 0 Å². The molecule has 1 saturated heterocycles. The average molecular weight is 259 g/mol. The first kappa shape index (κ1) is 12.5. The van der Waals surface area contributed by atoms with Gasteiger partial charge in [0.2, 0.25) is 10.0 Å². The van der Waals surface area contributed by atoms with Crippen molar-refractivity contribution in [1.82, 2.24) is 25.2 Å². The first-order valence-electron chi connectivity index (χ1n) is 5.72. The Morgan fingerprint density at radius 3 is 3.06 bits per heavy atom. The van der Waals surface area contributed by atoms with Crippen molar-refractivity contribution in [1.29, 1.82) is 0 Å². The fourth-order valence-corrected chi connectivity index (χ4v) is 3.30. The lowest BCUT2D eigenvalue weighted by Crippen LogP contribution is -2.44. The van der Waals surface area contributed by atoms with E-state index in [2.05, 4.69) is 25.2 Å². The Kier molecular flexibility index (Phi) is 4.08. The molecular formula is C9H17N5O2S. The molecule has 0 radical (unpaired) electrons. The van der Waals surface area contributed by atoms with Gasteiger partial charge >= 0.3 is 0 Å². The van der Waals surface area contributed by atoms with Gasteiger partial charge in [-0.15, -0.1) is 0 Å². The van der Waals surface area contributed by atoms with Crippen LogP contribution >= 0.6 is 0 Å². The Balaban J connectivity index is 1.80. The van der Waals surface area contributed by atoms with Gasteiger partial charge in [-0.05, 0) is 19.4 Å². The Labute approximate surface area is 100 Å². The van der Waals surface area contributed by atoms with Gasteiger partial charge in [0.05, 0.1) is 5.25 Å². The molecule has 0 spiro atoms. The predicted molar refractivity (Wildman–Crippen MR) is 62.9 cm³/mol. The van der Waals surface area contributed by atoms with Crippen molar-refractivity contribution in [2.24, 2.45) is 0 Å². The van der Waals surface area contributed by atoms with Crippen LogP contribution in [0.15, 0.2) is 6.33 Å². The van der Waals surface area contributed by atoms with Gasteiger partial charge < -0.3 is 5.32 Å². The molecule has 0 aromatic carbocycles. The topological polar surface area (TPSA) is 99.8 Å². The Morgan fingerprint density at radius 2 is 2.41 bits per heavy atom. The van der Waals surface area contributed by atoms with Gasteiger partial charge in [-0.1, -0.05) is 0 Å². The third-order valence-electron chi connectivity index (χ3n) is 2.82. The molecule has 2 rings (SSSR count). The molecule has 1 aromatic rings. The van der Waals surface area contributed by atoms with E-state index in [0.717, 1.165) is 19.4 Å². The van der Waals surface area contributed by atoms with Crippen LogP contribution in [0.1, 0.15) is 18.7 Å². The number of sulfonamides is 1. The van der Waals surface area contributed by atoms with Crippen LogP contribution in [-0.2, 0) is 16.4 Å². The molecule has 1 aliphatic rings. The second-order valence-electron chi connectivity index (χ2n) is 4.09. The summed E-state index contributed by atoms with van der Waals surface area (Å²) in [5, 5.41) is 9.18. The van der Waals surface area contributed by atoms with Gasteiger partial charge in [0, 0.05) is 19.5 Å². The van der Waals surface area contributed by atoms with Gasteiger partial charge in [0.15, 0.2) is 0 Å². The van der Waals surface area contributed by atoms with Crippen LogP contribution in [0.3, 0.4) is 0 Å². The SMILES string of the molecule is O=S(=O)(NCCc1ncn[nH]1)C1CCCNC1. The second-order valence-corrected chi connectivity index (χ2v) is 6.14. The van der Waals surface area contributed by atoms with Crippen LogP contribution in [0.25, 0.3) is 0 Å². The molecule has 96 valence electrons. The molecule has 1 aliphatic heterocycles. The quantitative estimate of drug-likeness (QED) is 0.631. The number of H-pyrrole nitrogens is 1. The van der Waals surface area contributed by atoms with E-state index in [1.165, 1.54) is 6.33 Å². The smallest absolute Gasteiger partial charge is 0.215 e. The highest BCUT2D eigenvalue weighted by atomic mass is 32.2. The summed E-state index contributed by atoms with van der Waals surface area (Å²) in [5.74, 6) is 0.689. The normalized spacial score (nSPS) is 21.5. The zero-order chi connectivity index (χ0) is 12.1. The van der Waals surface area contributed by atoms with Crippen LogP contribution in [0.4, 0.5) is 0 Å². The van der Waals surface area contributed by atoms with Crippen molar-refractivity contribution in [2.45, 2.75) is 24.5 Å². The van der Waals surface area contributed by atoms with Crippen molar-refractivity contribution in [2.75, 3.05) is 19.6 Å². The first-order valence-corrected chi connectivity index (χ1v) is 7.26. The summed E-state index contributed by atoms with van der Waals surface area (Å²) in [5.41, 5.74) is 0. The minimum atomic E-state index is -3.21. The van der Waals surface area contributed by atoms with Gasteiger partial charge in [-0.2, -0.15) is 5.10 Å². The van der Waals surface area contributed by atoms with Gasteiger partial charge in [0.25, 0.3) is 0 Å². The van der Waals surface area contributed by atoms with Gasteiger partial charge in [0.1, 0.15) is 12.2 Å². The van der Waals surface area contributed by atoms with Crippen molar-refractivity contribution >= 4 is 10.0 Å². The van der Waals surface area contributed by atoms with E-state index in [0.29, 0.717) is 25.3 Å². The van der Waals surface area contributed by atoms with Crippen molar-refractivity contribution in [3.05, 3.63) is 12.2 Å². The Morgan fingerprint density at radius 1 is 1.53 bits per heavy atom. The maximum Gasteiger partial charge on any atom is 0.215 e. The predicted octanol–water partition coefficient (Wildman–Crippen LogP) is -0.981. The lowest BCUT2D eigenvalue weighted by molar-refractivity contribution is 0.490. The number of aromatic amines is 1. The second kappa shape index (κ2) is 5.56. The zero-order valence-electron chi connectivity index (χ0n) is 9.52. The van der Waals surface area contributed by atoms with Crippen molar-refractivity contribution < 1.29 is 8.42 Å². The van der Waals surface area contributed by atoms with E-state index in [-0.39, 0.29) is 5.25 Å². The highest BCUT2D eigenvalue weighted by Crippen LogP contribution is 2.10. The molecule has 1 atom stereocenters. The lowest BCUT2D eigenvalue weighted by Gasteiger charge is -2.22. The lowest BCUT2D eigenvalue weighted by atomic mass is 10.2. The minimum absolute atomic E-state index is 0.314. The summed E-state index contributed by atoms with van der Waals surface area (Å²) in [6.07, 6.45) is 3.58. The molecule has 1 unspecified atom stereocenters. The number of hydrogen-bond donors (Lipinski definition) is 3. The summed E-state index contributed by atoms with van der Waals surface area (Å²) in [4.78, 5) is 3.93. The highest BCUT2D eigenvalue weighted by molar-refractivity contribution is 7.90. The number of nitrogens with one attached hydrogen (secondary N) is 3. The molecule has 0 bridgehead atoms. The molecule has 1 aromatic heterocycles. The molecular weight excluding hydrogens is 242 g/mol. The standard InChI is InChI=1S/C9H17N5O2S/c15-17(16,8-2-1-4-10-6-8)13-5-3-9-11-7-12-14-9/h7-8,10,13H,1-6H2,(H,11,12,14). The van der Waals surface area contributed by atoms with Crippen molar-refractivity contribution in [3.63, 3.8) is 0 Å². The Hall–Kier alpha value is -0.990.